The van der Waals surface area contributed by atoms with Gasteiger partial charge in [0.2, 0.25) is 5.91 Å². The lowest BCUT2D eigenvalue weighted by atomic mass is 10.1. The van der Waals surface area contributed by atoms with Crippen molar-refractivity contribution in [3.05, 3.63) is 95.7 Å². The SMILES string of the molecule is CCc1ccccc1NC(=O)Cn1cc(S(=O)(=O)Cc2ccc(C)cc2)c2ccccc21. The Morgan fingerprint density at radius 3 is 2.38 bits per heavy atom. The van der Waals surface area contributed by atoms with Crippen molar-refractivity contribution in [2.45, 2.75) is 37.5 Å². The zero-order valence-corrected chi connectivity index (χ0v) is 19.0. The number of carbonyl (C=O) groups excluding carboxylic acids is 1. The second-order valence-electron chi connectivity index (χ2n) is 7.94. The first-order valence-corrected chi connectivity index (χ1v) is 12.3. The van der Waals surface area contributed by atoms with E-state index in [-0.39, 0.29) is 23.1 Å². The maximum Gasteiger partial charge on any atom is 0.244 e. The lowest BCUT2D eigenvalue weighted by Gasteiger charge is -2.10. The van der Waals surface area contributed by atoms with Crippen LogP contribution in [-0.4, -0.2) is 18.9 Å². The van der Waals surface area contributed by atoms with Crippen molar-refractivity contribution in [1.82, 2.24) is 4.57 Å². The van der Waals surface area contributed by atoms with Crippen molar-refractivity contribution in [1.29, 1.82) is 0 Å². The first-order chi connectivity index (χ1) is 15.4. The lowest BCUT2D eigenvalue weighted by molar-refractivity contribution is -0.116. The molecule has 3 aromatic carbocycles. The molecule has 1 N–H and O–H groups in total. The Bertz CT molecular complexity index is 1370. The summed E-state index contributed by atoms with van der Waals surface area (Å²) >= 11 is 0. The van der Waals surface area contributed by atoms with Crippen LogP contribution in [0.3, 0.4) is 0 Å². The van der Waals surface area contributed by atoms with Gasteiger partial charge in [0.05, 0.1) is 10.6 Å². The highest BCUT2D eigenvalue weighted by atomic mass is 32.2. The number of nitrogens with zero attached hydrogens (tertiary/aromatic N) is 1. The van der Waals surface area contributed by atoms with E-state index in [4.69, 9.17) is 0 Å². The summed E-state index contributed by atoms with van der Waals surface area (Å²) in [5.74, 6) is -0.286. The number of hydrogen-bond acceptors (Lipinski definition) is 3. The Morgan fingerprint density at radius 2 is 1.62 bits per heavy atom. The third-order valence-electron chi connectivity index (χ3n) is 5.55. The molecule has 6 heteroatoms. The number of rotatable bonds is 7. The van der Waals surface area contributed by atoms with Crippen molar-refractivity contribution in [3.8, 4) is 0 Å². The third-order valence-corrected chi connectivity index (χ3v) is 7.26. The van der Waals surface area contributed by atoms with Crippen LogP contribution in [0.15, 0.2) is 83.9 Å². The van der Waals surface area contributed by atoms with Crippen LogP contribution < -0.4 is 5.32 Å². The minimum absolute atomic E-state index is 0.0264. The molecule has 164 valence electrons. The van der Waals surface area contributed by atoms with Gasteiger partial charge in [0.25, 0.3) is 0 Å². The number of benzene rings is 3. The molecule has 0 saturated heterocycles. The molecular formula is C26H26N2O3S. The number of fused-ring (bicyclic) bond motifs is 1. The predicted molar refractivity (Wildman–Crippen MR) is 128 cm³/mol. The molecule has 0 aliphatic carbocycles. The minimum atomic E-state index is -3.59. The Hall–Kier alpha value is -3.38. The maximum absolute atomic E-state index is 13.3. The normalized spacial score (nSPS) is 11.6. The molecule has 0 fully saturated rings. The molecule has 1 aromatic heterocycles. The Kier molecular flexibility index (Phi) is 6.15. The average molecular weight is 447 g/mol. The fraction of sp³-hybridized carbons (Fsp3) is 0.192. The van der Waals surface area contributed by atoms with Gasteiger partial charge in [0.1, 0.15) is 6.54 Å². The lowest BCUT2D eigenvalue weighted by Crippen LogP contribution is -2.19. The van der Waals surface area contributed by atoms with Gasteiger partial charge in [0.15, 0.2) is 9.84 Å². The first-order valence-electron chi connectivity index (χ1n) is 10.6. The summed E-state index contributed by atoms with van der Waals surface area (Å²) in [6.07, 6.45) is 2.39. The molecule has 0 atom stereocenters. The van der Waals surface area contributed by atoms with E-state index in [1.807, 2.05) is 80.6 Å². The van der Waals surface area contributed by atoms with Crippen LogP contribution in [0.5, 0.6) is 0 Å². The van der Waals surface area contributed by atoms with Gasteiger partial charge in [-0.05, 0) is 36.6 Å². The third kappa shape index (κ3) is 4.60. The van der Waals surface area contributed by atoms with Crippen LogP contribution >= 0.6 is 0 Å². The van der Waals surface area contributed by atoms with Gasteiger partial charge in [-0.15, -0.1) is 0 Å². The van der Waals surface area contributed by atoms with Crippen LogP contribution in [0, 0.1) is 6.92 Å². The number of amides is 1. The summed E-state index contributed by atoms with van der Waals surface area (Å²) in [5.41, 5.74) is 4.37. The number of aromatic nitrogens is 1. The van der Waals surface area contributed by atoms with E-state index in [0.29, 0.717) is 10.9 Å². The molecule has 0 bridgehead atoms. The standard InChI is InChI=1S/C26H26N2O3S/c1-3-21-8-4-6-10-23(21)27-26(29)17-28-16-25(22-9-5-7-11-24(22)28)32(30,31)18-20-14-12-19(2)13-15-20/h4-16H,3,17-18H2,1-2H3,(H,27,29). The summed E-state index contributed by atoms with van der Waals surface area (Å²) in [6, 6.07) is 22.5. The molecule has 0 spiro atoms. The van der Waals surface area contributed by atoms with Crippen molar-refractivity contribution >= 4 is 32.3 Å². The number of sulfone groups is 1. The van der Waals surface area contributed by atoms with Crippen LogP contribution in [0.1, 0.15) is 23.6 Å². The van der Waals surface area contributed by atoms with Crippen molar-refractivity contribution in [2.24, 2.45) is 0 Å². The summed E-state index contributed by atoms with van der Waals surface area (Å²) < 4.78 is 28.2. The summed E-state index contributed by atoms with van der Waals surface area (Å²) in [5, 5.41) is 3.58. The number of aryl methyl sites for hydroxylation is 2. The summed E-state index contributed by atoms with van der Waals surface area (Å²) in [7, 11) is -3.59. The number of nitrogens with one attached hydrogen (secondary N) is 1. The average Bonchev–Trinajstić information content (AvgIpc) is 3.15. The molecular weight excluding hydrogens is 420 g/mol. The molecule has 5 nitrogen and oxygen atoms in total. The van der Waals surface area contributed by atoms with Gasteiger partial charge in [-0.25, -0.2) is 8.42 Å². The molecule has 0 unspecified atom stereocenters. The van der Waals surface area contributed by atoms with Gasteiger partial charge in [-0.1, -0.05) is 73.2 Å². The summed E-state index contributed by atoms with van der Waals surface area (Å²) in [6.45, 7) is 4.03. The largest absolute Gasteiger partial charge is 0.337 e. The molecule has 4 aromatic rings. The van der Waals surface area contributed by atoms with Gasteiger partial charge in [-0.2, -0.15) is 0 Å². The van der Waals surface area contributed by atoms with Crippen LogP contribution in [-0.2, 0) is 33.4 Å². The highest BCUT2D eigenvalue weighted by Gasteiger charge is 2.22. The smallest absolute Gasteiger partial charge is 0.244 e. The second kappa shape index (κ2) is 9.01. The zero-order valence-electron chi connectivity index (χ0n) is 18.2. The molecule has 1 heterocycles. The predicted octanol–water partition coefficient (Wildman–Crippen LogP) is 5.12. The van der Waals surface area contributed by atoms with E-state index in [9.17, 15) is 13.2 Å². The highest BCUT2D eigenvalue weighted by Crippen LogP contribution is 2.28. The van der Waals surface area contributed by atoms with Crippen molar-refractivity contribution < 1.29 is 13.2 Å². The fourth-order valence-electron chi connectivity index (χ4n) is 3.87. The van der Waals surface area contributed by atoms with Crippen LogP contribution in [0.2, 0.25) is 0 Å². The molecule has 4 rings (SSSR count). The summed E-state index contributed by atoms with van der Waals surface area (Å²) in [4.78, 5) is 13.0. The fourth-order valence-corrected chi connectivity index (χ4v) is 5.45. The number of hydrogen-bond donors (Lipinski definition) is 1. The topological polar surface area (TPSA) is 68.2 Å². The van der Waals surface area contributed by atoms with E-state index in [1.54, 1.807) is 16.8 Å². The number of carbonyl (C=O) groups is 1. The van der Waals surface area contributed by atoms with Gasteiger partial charge in [-0.3, -0.25) is 4.79 Å². The Labute approximate surface area is 188 Å². The van der Waals surface area contributed by atoms with Crippen LogP contribution in [0.4, 0.5) is 5.69 Å². The molecule has 0 saturated carbocycles. The monoisotopic (exact) mass is 446 g/mol. The highest BCUT2D eigenvalue weighted by molar-refractivity contribution is 7.90. The second-order valence-corrected chi connectivity index (χ2v) is 9.90. The van der Waals surface area contributed by atoms with E-state index in [1.165, 1.54) is 0 Å². The molecule has 0 radical (unpaired) electrons. The molecule has 1 amide bonds. The van der Waals surface area contributed by atoms with E-state index in [0.717, 1.165) is 28.8 Å². The van der Waals surface area contributed by atoms with E-state index >= 15 is 0 Å². The maximum atomic E-state index is 13.3. The van der Waals surface area contributed by atoms with Gasteiger partial charge < -0.3 is 9.88 Å². The van der Waals surface area contributed by atoms with E-state index in [2.05, 4.69) is 5.32 Å². The minimum Gasteiger partial charge on any atom is -0.337 e. The van der Waals surface area contributed by atoms with Crippen molar-refractivity contribution in [3.63, 3.8) is 0 Å². The van der Waals surface area contributed by atoms with Crippen molar-refractivity contribution in [2.75, 3.05) is 5.32 Å². The Balaban J connectivity index is 1.64. The number of anilines is 1. The molecule has 0 aliphatic rings. The zero-order chi connectivity index (χ0) is 22.7. The van der Waals surface area contributed by atoms with Crippen LogP contribution in [0.25, 0.3) is 10.9 Å². The van der Waals surface area contributed by atoms with E-state index < -0.39 is 9.84 Å². The quantitative estimate of drug-likeness (QED) is 0.428. The Morgan fingerprint density at radius 1 is 0.938 bits per heavy atom. The first kappa shape index (κ1) is 21.8. The molecule has 32 heavy (non-hydrogen) atoms. The van der Waals surface area contributed by atoms with Gasteiger partial charge >= 0.3 is 0 Å². The van der Waals surface area contributed by atoms with Gasteiger partial charge in [0, 0.05) is 22.8 Å². The molecule has 0 aliphatic heterocycles. The number of para-hydroxylation sites is 2.